The molecule has 2 aromatic carbocycles. The zero-order valence-corrected chi connectivity index (χ0v) is 16.3. The molecule has 31 heavy (non-hydrogen) atoms. The largest absolute Gasteiger partial charge is 0.482 e. The number of nitrogens with zero attached hydrogens (tertiary/aromatic N) is 1. The van der Waals surface area contributed by atoms with Crippen molar-refractivity contribution < 1.29 is 32.0 Å². The van der Waals surface area contributed by atoms with Crippen molar-refractivity contribution >= 4 is 39.9 Å². The van der Waals surface area contributed by atoms with Crippen LogP contribution in [0.1, 0.15) is 11.1 Å². The Morgan fingerprint density at radius 3 is 2.61 bits per heavy atom. The number of aryl methyl sites for hydroxylation is 1. The number of alkyl halides is 3. The molecule has 1 heterocycles. The number of nitrogens with one attached hydrogen (secondary N) is 1. The molecular weight excluding hydrogens is 445 g/mol. The van der Waals surface area contributed by atoms with E-state index in [2.05, 4.69) is 0 Å². The molecule has 0 saturated carbocycles. The molecule has 0 atom stereocenters. The van der Waals surface area contributed by atoms with E-state index in [0.717, 1.165) is 12.1 Å². The van der Waals surface area contributed by atoms with E-state index >= 15 is 0 Å². The Kier molecular flexibility index (Phi) is 5.89. The van der Waals surface area contributed by atoms with Crippen molar-refractivity contribution in [1.82, 2.24) is 0 Å². The van der Waals surface area contributed by atoms with Gasteiger partial charge in [0.2, 0.25) is 0 Å². The van der Waals surface area contributed by atoms with Crippen molar-refractivity contribution in [3.63, 3.8) is 0 Å². The van der Waals surface area contributed by atoms with Crippen LogP contribution in [0.5, 0.6) is 5.75 Å². The predicted octanol–water partition coefficient (Wildman–Crippen LogP) is 4.70. The first kappa shape index (κ1) is 22.1. The van der Waals surface area contributed by atoms with E-state index in [1.807, 2.05) is 5.32 Å². The van der Waals surface area contributed by atoms with Gasteiger partial charge in [-0.2, -0.15) is 13.2 Å². The summed E-state index contributed by atoms with van der Waals surface area (Å²) in [4.78, 5) is 33.4. The Labute approximate surface area is 176 Å². The van der Waals surface area contributed by atoms with Gasteiger partial charge in [0.1, 0.15) is 11.3 Å². The Hall–Kier alpha value is -3.60. The van der Waals surface area contributed by atoms with Gasteiger partial charge in [-0.25, -0.2) is 4.79 Å². The number of halogens is 4. The molecule has 1 N–H and O–H groups in total. The highest BCUT2D eigenvalue weighted by molar-refractivity contribution is 6.32. The van der Waals surface area contributed by atoms with E-state index < -0.39 is 46.2 Å². The predicted molar refractivity (Wildman–Crippen MR) is 104 cm³/mol. The quantitative estimate of drug-likeness (QED) is 0.338. The van der Waals surface area contributed by atoms with Crippen LogP contribution in [-0.2, 0) is 11.0 Å². The number of carbonyl (C=O) groups is 1. The first-order chi connectivity index (χ1) is 14.5. The van der Waals surface area contributed by atoms with Gasteiger partial charge in [0.05, 0.1) is 21.2 Å². The zero-order chi connectivity index (χ0) is 22.9. The van der Waals surface area contributed by atoms with Gasteiger partial charge in [-0.15, -0.1) is 0 Å². The van der Waals surface area contributed by atoms with Gasteiger partial charge >= 0.3 is 11.8 Å². The van der Waals surface area contributed by atoms with Gasteiger partial charge in [-0.3, -0.25) is 14.9 Å². The lowest BCUT2D eigenvalue weighted by atomic mass is 10.1. The monoisotopic (exact) mass is 456 g/mol. The van der Waals surface area contributed by atoms with Crippen molar-refractivity contribution in [3.8, 4) is 5.75 Å². The summed E-state index contributed by atoms with van der Waals surface area (Å²) in [7, 11) is 0. The SMILES string of the molecule is Cc1cc(=O)oc2cc(OCC(=O)Nc3ccc([N+](=O)[O-])cc3C(F)(F)F)c(Cl)cc12. The topological polar surface area (TPSA) is 112 Å². The van der Waals surface area contributed by atoms with E-state index in [-0.39, 0.29) is 16.4 Å². The number of nitro benzene ring substituents is 1. The minimum absolute atomic E-state index is 0.0298. The third-order valence-corrected chi connectivity index (χ3v) is 4.45. The summed E-state index contributed by atoms with van der Waals surface area (Å²) in [5.41, 5.74) is -2.67. The Balaban J connectivity index is 1.80. The Bertz CT molecular complexity index is 1260. The van der Waals surface area contributed by atoms with Crippen LogP contribution in [0.3, 0.4) is 0 Å². The van der Waals surface area contributed by atoms with Crippen molar-refractivity contribution in [2.24, 2.45) is 0 Å². The molecule has 0 fully saturated rings. The molecule has 1 amide bonds. The summed E-state index contributed by atoms with van der Waals surface area (Å²) in [5.74, 6) is -1.00. The second-order valence-electron chi connectivity index (χ2n) is 6.35. The minimum atomic E-state index is -4.94. The Morgan fingerprint density at radius 1 is 1.26 bits per heavy atom. The number of fused-ring (bicyclic) bond motifs is 1. The fraction of sp³-hybridized carbons (Fsp3) is 0.158. The Morgan fingerprint density at radius 2 is 1.97 bits per heavy atom. The first-order valence-corrected chi connectivity index (χ1v) is 8.86. The van der Waals surface area contributed by atoms with Crippen LogP contribution in [0, 0.1) is 17.0 Å². The average Bonchev–Trinajstić information content (AvgIpc) is 2.66. The average molecular weight is 457 g/mol. The molecule has 0 bridgehead atoms. The second-order valence-corrected chi connectivity index (χ2v) is 6.76. The highest BCUT2D eigenvalue weighted by Gasteiger charge is 2.35. The molecule has 8 nitrogen and oxygen atoms in total. The summed E-state index contributed by atoms with van der Waals surface area (Å²) in [6.45, 7) is 0.946. The normalized spacial score (nSPS) is 11.4. The fourth-order valence-corrected chi connectivity index (χ4v) is 2.97. The first-order valence-electron chi connectivity index (χ1n) is 8.48. The van der Waals surface area contributed by atoms with Crippen LogP contribution < -0.4 is 15.7 Å². The maximum absolute atomic E-state index is 13.2. The standard InChI is InChI=1S/C19H12ClF3N2O6/c1-9-4-18(27)31-15-7-16(13(20)6-11(9)15)30-8-17(26)24-14-3-2-10(25(28)29)5-12(14)19(21,22)23/h2-7H,8H2,1H3,(H,24,26). The minimum Gasteiger partial charge on any atom is -0.482 e. The number of non-ortho nitro benzene ring substituents is 1. The maximum Gasteiger partial charge on any atom is 0.418 e. The highest BCUT2D eigenvalue weighted by atomic mass is 35.5. The van der Waals surface area contributed by atoms with E-state index in [4.69, 9.17) is 20.8 Å². The number of amides is 1. The third kappa shape index (κ3) is 4.94. The lowest BCUT2D eigenvalue weighted by molar-refractivity contribution is -0.385. The highest BCUT2D eigenvalue weighted by Crippen LogP contribution is 2.37. The molecule has 0 saturated heterocycles. The van der Waals surface area contributed by atoms with Crippen LogP contribution in [0.4, 0.5) is 24.5 Å². The number of benzene rings is 2. The second kappa shape index (κ2) is 8.26. The molecule has 0 spiro atoms. The molecule has 12 heteroatoms. The summed E-state index contributed by atoms with van der Waals surface area (Å²) in [6, 6.07) is 5.94. The molecule has 3 rings (SSSR count). The maximum atomic E-state index is 13.2. The number of rotatable bonds is 5. The summed E-state index contributed by atoms with van der Waals surface area (Å²) < 4.78 is 49.9. The van der Waals surface area contributed by atoms with Gasteiger partial charge in [0.25, 0.3) is 11.6 Å². The lowest BCUT2D eigenvalue weighted by Crippen LogP contribution is -2.22. The van der Waals surface area contributed by atoms with Crippen molar-refractivity contribution in [1.29, 1.82) is 0 Å². The van der Waals surface area contributed by atoms with Crippen LogP contribution in [0.15, 0.2) is 45.6 Å². The van der Waals surface area contributed by atoms with Gasteiger partial charge in [0, 0.05) is 29.7 Å². The van der Waals surface area contributed by atoms with E-state index in [1.165, 1.54) is 18.2 Å². The van der Waals surface area contributed by atoms with Crippen LogP contribution in [-0.4, -0.2) is 17.4 Å². The van der Waals surface area contributed by atoms with Gasteiger partial charge in [0.15, 0.2) is 6.61 Å². The smallest absolute Gasteiger partial charge is 0.418 e. The lowest BCUT2D eigenvalue weighted by Gasteiger charge is -2.14. The van der Waals surface area contributed by atoms with Crippen molar-refractivity contribution in [2.75, 3.05) is 11.9 Å². The zero-order valence-electron chi connectivity index (χ0n) is 15.6. The summed E-state index contributed by atoms with van der Waals surface area (Å²) in [5, 5.41) is 13.4. The van der Waals surface area contributed by atoms with Gasteiger partial charge in [-0.05, 0) is 24.6 Å². The molecule has 0 aliphatic carbocycles. The molecular formula is C19H12ClF3N2O6. The number of anilines is 1. The summed E-state index contributed by atoms with van der Waals surface area (Å²) >= 11 is 6.10. The van der Waals surface area contributed by atoms with Crippen LogP contribution in [0.2, 0.25) is 5.02 Å². The molecule has 3 aromatic rings. The number of nitro groups is 1. The van der Waals surface area contributed by atoms with E-state index in [1.54, 1.807) is 6.92 Å². The van der Waals surface area contributed by atoms with Crippen LogP contribution >= 0.6 is 11.6 Å². The fourth-order valence-electron chi connectivity index (χ4n) is 2.75. The van der Waals surface area contributed by atoms with Crippen LogP contribution in [0.25, 0.3) is 11.0 Å². The van der Waals surface area contributed by atoms with Crippen molar-refractivity contribution in [2.45, 2.75) is 13.1 Å². The molecule has 0 aliphatic heterocycles. The van der Waals surface area contributed by atoms with E-state index in [0.29, 0.717) is 17.0 Å². The number of carbonyl (C=O) groups excluding carboxylic acids is 1. The number of hydrogen-bond donors (Lipinski definition) is 1. The number of ether oxygens (including phenoxy) is 1. The molecule has 162 valence electrons. The molecule has 1 aromatic heterocycles. The van der Waals surface area contributed by atoms with Gasteiger partial charge < -0.3 is 14.5 Å². The number of hydrogen-bond acceptors (Lipinski definition) is 6. The molecule has 0 unspecified atom stereocenters. The van der Waals surface area contributed by atoms with Crippen molar-refractivity contribution in [3.05, 3.63) is 73.1 Å². The molecule has 0 radical (unpaired) electrons. The third-order valence-electron chi connectivity index (χ3n) is 4.16. The molecule has 0 aliphatic rings. The van der Waals surface area contributed by atoms with E-state index in [9.17, 15) is 32.9 Å². The summed E-state index contributed by atoms with van der Waals surface area (Å²) in [6.07, 6.45) is -4.94. The van der Waals surface area contributed by atoms with Gasteiger partial charge in [-0.1, -0.05) is 11.6 Å².